The van der Waals surface area contributed by atoms with Gasteiger partial charge in [0.2, 0.25) is 0 Å². The van der Waals surface area contributed by atoms with Crippen LogP contribution in [0.3, 0.4) is 0 Å². The lowest BCUT2D eigenvalue weighted by Gasteiger charge is -2.11. The van der Waals surface area contributed by atoms with Crippen molar-refractivity contribution in [2.24, 2.45) is 0 Å². The van der Waals surface area contributed by atoms with Crippen molar-refractivity contribution >= 4 is 28.8 Å². The molecule has 6 heteroatoms. The molecule has 26 heavy (non-hydrogen) atoms. The maximum absolute atomic E-state index is 12.9. The Bertz CT molecular complexity index is 938. The quantitative estimate of drug-likeness (QED) is 0.754. The van der Waals surface area contributed by atoms with E-state index < -0.39 is 0 Å². The van der Waals surface area contributed by atoms with Gasteiger partial charge in [-0.15, -0.1) is 11.3 Å². The van der Waals surface area contributed by atoms with E-state index in [-0.39, 0.29) is 11.8 Å². The summed E-state index contributed by atoms with van der Waals surface area (Å²) in [5.41, 5.74) is 2.91. The summed E-state index contributed by atoms with van der Waals surface area (Å²) in [6, 6.07) is 10.8. The van der Waals surface area contributed by atoms with E-state index in [1.54, 1.807) is 49.7 Å². The normalized spacial score (nSPS) is 10.6. The monoisotopic (exact) mass is 367 g/mol. The molecule has 2 amide bonds. The fourth-order valence-corrected chi connectivity index (χ4v) is 3.80. The second kappa shape index (κ2) is 7.17. The minimum Gasteiger partial charge on any atom is -0.345 e. The molecule has 134 valence electrons. The van der Waals surface area contributed by atoms with E-state index in [1.165, 1.54) is 4.90 Å². The van der Waals surface area contributed by atoms with Crippen LogP contribution in [0.15, 0.2) is 48.8 Å². The molecular formula is C20H21N3O2S. The van der Waals surface area contributed by atoms with Gasteiger partial charge in [-0.3, -0.25) is 9.59 Å². The van der Waals surface area contributed by atoms with E-state index in [2.05, 4.69) is 5.32 Å². The summed E-state index contributed by atoms with van der Waals surface area (Å²) >= 11 is 1.60. The lowest BCUT2D eigenvalue weighted by molar-refractivity contribution is 0.0827. The van der Waals surface area contributed by atoms with Crippen molar-refractivity contribution < 1.29 is 9.59 Å². The molecule has 1 aromatic carbocycles. The summed E-state index contributed by atoms with van der Waals surface area (Å²) in [4.78, 5) is 27.5. The number of nitrogens with zero attached hydrogens (tertiary/aromatic N) is 2. The Morgan fingerprint density at radius 2 is 1.65 bits per heavy atom. The Balaban J connectivity index is 1.86. The average molecular weight is 367 g/mol. The summed E-state index contributed by atoms with van der Waals surface area (Å²) in [6.07, 6.45) is 3.87. The highest BCUT2D eigenvalue weighted by atomic mass is 32.1. The lowest BCUT2D eigenvalue weighted by Crippen LogP contribution is -2.21. The summed E-state index contributed by atoms with van der Waals surface area (Å²) in [6.45, 7) is 3.98. The van der Waals surface area contributed by atoms with Crippen molar-refractivity contribution in [3.63, 3.8) is 0 Å². The van der Waals surface area contributed by atoms with Crippen molar-refractivity contribution in [2.45, 2.75) is 13.8 Å². The standard InChI is InChI=1S/C20H21N3O2S/c1-13-14(2)26-20(23-11-5-6-12-23)17(13)18(24)21-16-9-7-15(8-10-16)19(25)22(3)4/h5-12H,1-4H3,(H,21,24). The predicted molar refractivity (Wildman–Crippen MR) is 106 cm³/mol. The van der Waals surface area contributed by atoms with Crippen LogP contribution >= 0.6 is 11.3 Å². The first-order valence-electron chi connectivity index (χ1n) is 8.25. The third-order valence-electron chi connectivity index (χ3n) is 4.23. The number of hydrogen-bond donors (Lipinski definition) is 1. The van der Waals surface area contributed by atoms with Crippen LogP contribution in [0.5, 0.6) is 0 Å². The van der Waals surface area contributed by atoms with Gasteiger partial charge < -0.3 is 14.8 Å². The number of anilines is 1. The zero-order valence-corrected chi connectivity index (χ0v) is 16.1. The molecule has 0 bridgehead atoms. The number of rotatable bonds is 4. The number of aryl methyl sites for hydroxylation is 1. The zero-order chi connectivity index (χ0) is 18.8. The van der Waals surface area contributed by atoms with Crippen molar-refractivity contribution in [1.82, 2.24) is 9.47 Å². The van der Waals surface area contributed by atoms with E-state index in [0.717, 1.165) is 15.4 Å². The SMILES string of the molecule is Cc1sc(-n2cccc2)c(C(=O)Nc2ccc(C(=O)N(C)C)cc2)c1C. The number of benzene rings is 1. The van der Waals surface area contributed by atoms with E-state index in [0.29, 0.717) is 16.8 Å². The van der Waals surface area contributed by atoms with Crippen molar-refractivity contribution in [3.8, 4) is 5.00 Å². The summed E-state index contributed by atoms with van der Waals surface area (Å²) in [7, 11) is 3.42. The summed E-state index contributed by atoms with van der Waals surface area (Å²) in [5.74, 6) is -0.218. The highest BCUT2D eigenvalue weighted by Crippen LogP contribution is 2.31. The van der Waals surface area contributed by atoms with E-state index >= 15 is 0 Å². The van der Waals surface area contributed by atoms with Gasteiger partial charge in [0.15, 0.2) is 0 Å². The van der Waals surface area contributed by atoms with Crippen LogP contribution in [0.1, 0.15) is 31.2 Å². The second-order valence-corrected chi connectivity index (χ2v) is 7.49. The number of amides is 2. The number of carbonyl (C=O) groups is 2. The molecule has 3 aromatic rings. The van der Waals surface area contributed by atoms with Crippen LogP contribution in [0.25, 0.3) is 5.00 Å². The number of thiophene rings is 1. The summed E-state index contributed by atoms with van der Waals surface area (Å²) in [5, 5.41) is 3.84. The van der Waals surface area contributed by atoms with Gasteiger partial charge >= 0.3 is 0 Å². The highest BCUT2D eigenvalue weighted by Gasteiger charge is 2.20. The molecule has 0 aliphatic rings. The van der Waals surface area contributed by atoms with E-state index in [4.69, 9.17) is 0 Å². The molecule has 0 saturated heterocycles. The molecule has 0 unspecified atom stereocenters. The fourth-order valence-electron chi connectivity index (χ4n) is 2.68. The molecule has 2 heterocycles. The first-order valence-corrected chi connectivity index (χ1v) is 9.06. The summed E-state index contributed by atoms with van der Waals surface area (Å²) < 4.78 is 1.96. The third-order valence-corrected chi connectivity index (χ3v) is 5.45. The lowest BCUT2D eigenvalue weighted by atomic mass is 10.1. The maximum Gasteiger partial charge on any atom is 0.258 e. The van der Waals surface area contributed by atoms with Gasteiger partial charge in [0.25, 0.3) is 11.8 Å². The molecule has 0 spiro atoms. The Hall–Kier alpha value is -2.86. The van der Waals surface area contributed by atoms with E-state index in [9.17, 15) is 9.59 Å². The van der Waals surface area contributed by atoms with Crippen molar-refractivity contribution in [2.75, 3.05) is 19.4 Å². The number of carbonyl (C=O) groups excluding carboxylic acids is 2. The third kappa shape index (κ3) is 3.41. The Morgan fingerprint density at radius 1 is 1.04 bits per heavy atom. The van der Waals surface area contributed by atoms with Crippen molar-refractivity contribution in [1.29, 1.82) is 0 Å². The second-order valence-electron chi connectivity index (χ2n) is 6.28. The van der Waals surface area contributed by atoms with Gasteiger partial charge in [0.1, 0.15) is 5.00 Å². The van der Waals surface area contributed by atoms with Crippen LogP contribution in [0.2, 0.25) is 0 Å². The average Bonchev–Trinajstić information content (AvgIpc) is 3.24. The van der Waals surface area contributed by atoms with Crippen LogP contribution in [-0.2, 0) is 0 Å². The molecule has 0 atom stereocenters. The minimum atomic E-state index is -0.151. The molecule has 0 radical (unpaired) electrons. The molecule has 5 nitrogen and oxygen atoms in total. The minimum absolute atomic E-state index is 0.0675. The number of aromatic nitrogens is 1. The van der Waals surface area contributed by atoms with Gasteiger partial charge in [-0.05, 0) is 55.8 Å². The Kier molecular flexibility index (Phi) is 4.95. The molecule has 0 aliphatic carbocycles. The van der Waals surface area contributed by atoms with Gasteiger partial charge in [-0.1, -0.05) is 0 Å². The van der Waals surface area contributed by atoms with Gasteiger partial charge in [0.05, 0.1) is 5.56 Å². The first kappa shape index (κ1) is 17.9. The number of hydrogen-bond acceptors (Lipinski definition) is 3. The molecule has 0 fully saturated rings. The predicted octanol–water partition coefficient (Wildman–Crippen LogP) is 4.11. The molecule has 0 aliphatic heterocycles. The van der Waals surface area contributed by atoms with Crippen LogP contribution in [0, 0.1) is 13.8 Å². The fraction of sp³-hybridized carbons (Fsp3) is 0.200. The smallest absolute Gasteiger partial charge is 0.258 e. The topological polar surface area (TPSA) is 54.3 Å². The van der Waals surface area contributed by atoms with Gasteiger partial charge in [-0.2, -0.15) is 0 Å². The molecule has 2 aromatic heterocycles. The largest absolute Gasteiger partial charge is 0.345 e. The maximum atomic E-state index is 12.9. The Labute approximate surface area is 156 Å². The van der Waals surface area contributed by atoms with Crippen LogP contribution in [0.4, 0.5) is 5.69 Å². The molecule has 3 rings (SSSR count). The highest BCUT2D eigenvalue weighted by molar-refractivity contribution is 7.15. The Morgan fingerprint density at radius 3 is 2.23 bits per heavy atom. The van der Waals surface area contributed by atoms with Gasteiger partial charge in [-0.25, -0.2) is 0 Å². The molecule has 1 N–H and O–H groups in total. The van der Waals surface area contributed by atoms with Crippen molar-refractivity contribution in [3.05, 3.63) is 70.4 Å². The zero-order valence-electron chi connectivity index (χ0n) is 15.2. The van der Waals surface area contributed by atoms with Crippen LogP contribution < -0.4 is 5.32 Å². The van der Waals surface area contributed by atoms with Crippen LogP contribution in [-0.4, -0.2) is 35.4 Å². The molecular weight excluding hydrogens is 346 g/mol. The number of nitrogens with one attached hydrogen (secondary N) is 1. The van der Waals surface area contributed by atoms with E-state index in [1.807, 2.05) is 42.9 Å². The van der Waals surface area contributed by atoms with Gasteiger partial charge in [0, 0.05) is 42.6 Å². The first-order chi connectivity index (χ1) is 12.4. The molecule has 0 saturated carbocycles.